The Labute approximate surface area is 112 Å². The molecule has 18 heavy (non-hydrogen) atoms. The highest BCUT2D eigenvalue weighted by atomic mass is 35.5. The summed E-state index contributed by atoms with van der Waals surface area (Å²) < 4.78 is 18.5. The van der Waals surface area contributed by atoms with Crippen molar-refractivity contribution in [2.45, 2.75) is 32.6 Å². The summed E-state index contributed by atoms with van der Waals surface area (Å²) >= 11 is 5.57. The van der Waals surface area contributed by atoms with Gasteiger partial charge in [0.1, 0.15) is 11.6 Å². The predicted molar refractivity (Wildman–Crippen MR) is 71.1 cm³/mol. The molecule has 0 amide bonds. The van der Waals surface area contributed by atoms with Crippen LogP contribution in [0.1, 0.15) is 43.0 Å². The fourth-order valence-corrected chi connectivity index (χ4v) is 1.83. The van der Waals surface area contributed by atoms with E-state index in [1.54, 1.807) is 0 Å². The van der Waals surface area contributed by atoms with E-state index in [4.69, 9.17) is 16.3 Å². The number of hydrogen-bond acceptors (Lipinski definition) is 2. The molecule has 0 unspecified atom stereocenters. The third-order valence-corrected chi connectivity index (χ3v) is 2.88. The van der Waals surface area contributed by atoms with Crippen LogP contribution in [0.2, 0.25) is 0 Å². The average molecular weight is 273 g/mol. The molecular weight excluding hydrogens is 255 g/mol. The highest BCUT2D eigenvalue weighted by Gasteiger charge is 2.09. The topological polar surface area (TPSA) is 26.3 Å². The maximum absolute atomic E-state index is 13.1. The molecule has 0 fully saturated rings. The molecule has 0 aromatic heterocycles. The van der Waals surface area contributed by atoms with Gasteiger partial charge < -0.3 is 4.74 Å². The highest BCUT2D eigenvalue weighted by molar-refractivity contribution is 6.17. The molecule has 2 nitrogen and oxygen atoms in total. The number of ketones is 1. The summed E-state index contributed by atoms with van der Waals surface area (Å²) in [6.45, 7) is 1.94. The molecule has 1 aromatic carbocycles. The first-order valence-electron chi connectivity index (χ1n) is 6.14. The van der Waals surface area contributed by atoms with Crippen LogP contribution in [0, 0.1) is 5.82 Å². The normalized spacial score (nSPS) is 10.4. The average Bonchev–Trinajstić information content (AvgIpc) is 2.33. The van der Waals surface area contributed by atoms with E-state index >= 15 is 0 Å². The summed E-state index contributed by atoms with van der Waals surface area (Å²) in [4.78, 5) is 11.3. The fraction of sp³-hybridized carbons (Fsp3) is 0.500. The summed E-state index contributed by atoms with van der Waals surface area (Å²) in [7, 11) is 0. The van der Waals surface area contributed by atoms with E-state index in [-0.39, 0.29) is 5.78 Å². The molecule has 100 valence electrons. The van der Waals surface area contributed by atoms with Gasteiger partial charge in [-0.05, 0) is 31.9 Å². The Morgan fingerprint density at radius 1 is 1.28 bits per heavy atom. The molecule has 0 radical (unpaired) electrons. The van der Waals surface area contributed by atoms with Crippen molar-refractivity contribution >= 4 is 17.4 Å². The zero-order valence-corrected chi connectivity index (χ0v) is 11.3. The number of ether oxygens (including phenoxy) is 1. The number of rotatable bonds is 8. The number of Topliss-reactive ketones (excluding diaryl/α,β-unsaturated/α-hetero) is 1. The molecule has 1 rings (SSSR count). The van der Waals surface area contributed by atoms with E-state index in [1.807, 2.05) is 0 Å². The van der Waals surface area contributed by atoms with Crippen LogP contribution in [0.5, 0.6) is 5.75 Å². The van der Waals surface area contributed by atoms with E-state index < -0.39 is 5.82 Å². The minimum absolute atomic E-state index is 0.118. The molecule has 0 aliphatic heterocycles. The van der Waals surface area contributed by atoms with Crippen LogP contribution in [0.25, 0.3) is 0 Å². The van der Waals surface area contributed by atoms with Gasteiger partial charge in [-0.2, -0.15) is 0 Å². The second-order valence-corrected chi connectivity index (χ2v) is 4.53. The van der Waals surface area contributed by atoms with Gasteiger partial charge in [0.05, 0.1) is 12.2 Å². The maximum atomic E-state index is 13.1. The minimum Gasteiger partial charge on any atom is -0.493 e. The fourth-order valence-electron chi connectivity index (χ4n) is 1.64. The van der Waals surface area contributed by atoms with Gasteiger partial charge in [0, 0.05) is 11.9 Å². The number of hydrogen-bond donors (Lipinski definition) is 0. The lowest BCUT2D eigenvalue weighted by Crippen LogP contribution is -2.03. The summed E-state index contributed by atoms with van der Waals surface area (Å²) in [6, 6.07) is 3.99. The van der Waals surface area contributed by atoms with Crippen LogP contribution in [0.3, 0.4) is 0 Å². The van der Waals surface area contributed by atoms with Gasteiger partial charge in [0.25, 0.3) is 0 Å². The van der Waals surface area contributed by atoms with Crippen molar-refractivity contribution in [3.8, 4) is 5.75 Å². The first kappa shape index (κ1) is 15.0. The molecule has 0 bridgehead atoms. The van der Waals surface area contributed by atoms with Gasteiger partial charge in [-0.25, -0.2) is 4.39 Å². The lowest BCUT2D eigenvalue weighted by molar-refractivity contribution is 0.101. The Bertz CT molecular complexity index is 393. The molecular formula is C14H18ClFO2. The van der Waals surface area contributed by atoms with Gasteiger partial charge in [-0.3, -0.25) is 4.79 Å². The predicted octanol–water partition coefficient (Wildman–Crippen LogP) is 4.21. The summed E-state index contributed by atoms with van der Waals surface area (Å²) in [5, 5.41) is 0. The van der Waals surface area contributed by atoms with Crippen LogP contribution in [0.15, 0.2) is 18.2 Å². The lowest BCUT2D eigenvalue weighted by atomic mass is 10.1. The molecule has 0 aliphatic carbocycles. The van der Waals surface area contributed by atoms with Gasteiger partial charge in [-0.15, -0.1) is 11.6 Å². The van der Waals surface area contributed by atoms with Crippen LogP contribution >= 0.6 is 11.6 Å². The molecule has 0 N–H and O–H groups in total. The Balaban J connectivity index is 2.45. The molecule has 0 atom stereocenters. The molecule has 0 spiro atoms. The second kappa shape index (κ2) is 8.09. The third kappa shape index (κ3) is 5.05. The van der Waals surface area contributed by atoms with E-state index in [1.165, 1.54) is 25.1 Å². The molecule has 0 heterocycles. The largest absolute Gasteiger partial charge is 0.493 e. The first-order chi connectivity index (χ1) is 8.65. The number of alkyl halides is 1. The monoisotopic (exact) mass is 272 g/mol. The van der Waals surface area contributed by atoms with Crippen molar-refractivity contribution in [2.24, 2.45) is 0 Å². The van der Waals surface area contributed by atoms with E-state index in [0.717, 1.165) is 25.7 Å². The van der Waals surface area contributed by atoms with Crippen LogP contribution in [-0.4, -0.2) is 18.3 Å². The summed E-state index contributed by atoms with van der Waals surface area (Å²) in [6.07, 6.45) is 3.97. The van der Waals surface area contributed by atoms with Crippen molar-refractivity contribution in [1.82, 2.24) is 0 Å². The Morgan fingerprint density at radius 2 is 2.00 bits per heavy atom. The molecule has 0 saturated carbocycles. The van der Waals surface area contributed by atoms with Gasteiger partial charge in [0.2, 0.25) is 0 Å². The molecule has 4 heteroatoms. The van der Waals surface area contributed by atoms with Crippen LogP contribution in [-0.2, 0) is 0 Å². The highest BCUT2D eigenvalue weighted by Crippen LogP contribution is 2.21. The zero-order valence-electron chi connectivity index (χ0n) is 10.5. The van der Waals surface area contributed by atoms with E-state index in [9.17, 15) is 9.18 Å². The Hall–Kier alpha value is -1.09. The van der Waals surface area contributed by atoms with Crippen molar-refractivity contribution < 1.29 is 13.9 Å². The first-order valence-corrected chi connectivity index (χ1v) is 6.68. The quantitative estimate of drug-likeness (QED) is 0.403. The Morgan fingerprint density at radius 3 is 2.67 bits per heavy atom. The minimum atomic E-state index is -0.392. The molecule has 0 aliphatic rings. The summed E-state index contributed by atoms with van der Waals surface area (Å²) in [5.74, 6) is 0.503. The van der Waals surface area contributed by atoms with Gasteiger partial charge in [-0.1, -0.05) is 12.8 Å². The number of unbranched alkanes of at least 4 members (excludes halogenated alkanes) is 3. The van der Waals surface area contributed by atoms with Crippen molar-refractivity contribution in [1.29, 1.82) is 0 Å². The SMILES string of the molecule is CC(=O)c1ccc(F)cc1OCCCCCCCl. The third-order valence-electron chi connectivity index (χ3n) is 2.61. The van der Waals surface area contributed by atoms with Crippen LogP contribution < -0.4 is 4.74 Å². The number of carbonyl (C=O) groups excluding carboxylic acids is 1. The zero-order chi connectivity index (χ0) is 13.4. The standard InChI is InChI=1S/C14H18ClFO2/c1-11(17)13-7-6-12(16)10-14(13)18-9-5-3-2-4-8-15/h6-7,10H,2-5,8-9H2,1H3. The van der Waals surface area contributed by atoms with Crippen LogP contribution in [0.4, 0.5) is 4.39 Å². The number of halogens is 2. The smallest absolute Gasteiger partial charge is 0.163 e. The van der Waals surface area contributed by atoms with E-state index in [0.29, 0.717) is 23.8 Å². The van der Waals surface area contributed by atoms with Gasteiger partial charge in [0.15, 0.2) is 5.78 Å². The maximum Gasteiger partial charge on any atom is 0.163 e. The van der Waals surface area contributed by atoms with E-state index in [2.05, 4.69) is 0 Å². The molecule has 0 saturated heterocycles. The van der Waals surface area contributed by atoms with Crippen molar-refractivity contribution in [3.63, 3.8) is 0 Å². The van der Waals surface area contributed by atoms with Gasteiger partial charge >= 0.3 is 0 Å². The Kier molecular flexibility index (Phi) is 6.73. The molecule has 1 aromatic rings. The number of carbonyl (C=O) groups is 1. The lowest BCUT2D eigenvalue weighted by Gasteiger charge is -2.09. The number of benzene rings is 1. The van der Waals surface area contributed by atoms with Crippen molar-refractivity contribution in [2.75, 3.05) is 12.5 Å². The van der Waals surface area contributed by atoms with Crippen molar-refractivity contribution in [3.05, 3.63) is 29.6 Å². The summed E-state index contributed by atoms with van der Waals surface area (Å²) in [5.41, 5.74) is 0.428. The second-order valence-electron chi connectivity index (χ2n) is 4.15.